The summed E-state index contributed by atoms with van der Waals surface area (Å²) in [5.74, 6) is -4.36. The van der Waals surface area contributed by atoms with Gasteiger partial charge in [0.25, 0.3) is 0 Å². The van der Waals surface area contributed by atoms with E-state index in [1.165, 1.54) is 14.0 Å². The van der Waals surface area contributed by atoms with Crippen LogP contribution in [-0.4, -0.2) is 93.4 Å². The first-order valence-corrected chi connectivity index (χ1v) is 13.3. The molecule has 1 aromatic carbocycles. The predicted molar refractivity (Wildman–Crippen MR) is 131 cm³/mol. The second-order valence-electron chi connectivity index (χ2n) is 9.85. The summed E-state index contributed by atoms with van der Waals surface area (Å²) in [4.78, 5) is 36.9. The van der Waals surface area contributed by atoms with Gasteiger partial charge in [0.2, 0.25) is 5.79 Å². The number of hydrogen-bond donors (Lipinski definition) is 1. The molecule has 4 aliphatic rings. The molecule has 0 radical (unpaired) electrons. The maximum atomic E-state index is 12.8. The third-order valence-electron chi connectivity index (χ3n) is 7.60. The average molecular weight is 570 g/mol. The Balaban J connectivity index is 1.38. The monoisotopic (exact) mass is 569 g/mol. The number of nitrogens with one attached hydrogen (secondary N) is 1. The van der Waals surface area contributed by atoms with Crippen molar-refractivity contribution in [3.05, 3.63) is 35.9 Å². The predicted octanol–water partition coefficient (Wildman–Crippen LogP) is 0.876. The van der Waals surface area contributed by atoms with Gasteiger partial charge in [0, 0.05) is 13.3 Å². The zero-order chi connectivity index (χ0) is 27.7. The number of carbonyl (C=O) groups excluding carboxylic acids is 3. The van der Waals surface area contributed by atoms with Crippen LogP contribution >= 0.6 is 11.6 Å². The normalized spacial score (nSPS) is 38.4. The van der Waals surface area contributed by atoms with E-state index in [1.54, 1.807) is 7.05 Å². The number of benzene rings is 1. The smallest absolute Gasteiger partial charge is 0.339 e. The van der Waals surface area contributed by atoms with E-state index in [9.17, 15) is 14.4 Å². The van der Waals surface area contributed by atoms with Crippen LogP contribution in [0.2, 0.25) is 0 Å². The summed E-state index contributed by atoms with van der Waals surface area (Å²) in [7, 11) is 2.97. The van der Waals surface area contributed by atoms with Crippen LogP contribution in [-0.2, 0) is 58.9 Å². The number of esters is 3. The van der Waals surface area contributed by atoms with E-state index in [1.807, 2.05) is 30.3 Å². The molecular formula is C26H32ClNO11. The molecule has 5 rings (SSSR count). The van der Waals surface area contributed by atoms with Crippen LogP contribution in [0.4, 0.5) is 0 Å². The van der Waals surface area contributed by atoms with Gasteiger partial charge in [-0.3, -0.25) is 9.59 Å². The van der Waals surface area contributed by atoms with E-state index in [0.717, 1.165) is 5.56 Å². The lowest BCUT2D eigenvalue weighted by Crippen LogP contribution is -2.71. The van der Waals surface area contributed by atoms with Crippen molar-refractivity contribution < 1.29 is 52.3 Å². The lowest BCUT2D eigenvalue weighted by atomic mass is 9.64. The highest BCUT2D eigenvalue weighted by molar-refractivity contribution is 6.26. The first-order valence-electron chi connectivity index (χ1n) is 12.8. The second kappa shape index (κ2) is 11.7. The highest BCUT2D eigenvalue weighted by Gasteiger charge is 2.78. The van der Waals surface area contributed by atoms with Crippen molar-refractivity contribution in [1.82, 2.24) is 5.32 Å². The highest BCUT2D eigenvalue weighted by atomic mass is 35.5. The molecule has 10 atom stereocenters. The number of alkyl halides is 1. The summed E-state index contributed by atoms with van der Waals surface area (Å²) in [6.45, 7) is 1.76. The Kier molecular flexibility index (Phi) is 8.43. The number of fused-ring (bicyclic) bond motifs is 1. The molecule has 4 fully saturated rings. The fraction of sp³-hybridized carbons (Fsp3) is 0.654. The largest absolute Gasteiger partial charge is 0.467 e. The highest BCUT2D eigenvalue weighted by Crippen LogP contribution is 2.60. The summed E-state index contributed by atoms with van der Waals surface area (Å²) in [5, 5.41) is 3.18. The zero-order valence-corrected chi connectivity index (χ0v) is 22.5. The molecular weight excluding hydrogens is 538 g/mol. The molecule has 0 aromatic heterocycles. The van der Waals surface area contributed by atoms with Gasteiger partial charge in [0.05, 0.1) is 44.3 Å². The molecule has 13 heteroatoms. The van der Waals surface area contributed by atoms with Crippen LogP contribution in [0.15, 0.2) is 30.3 Å². The van der Waals surface area contributed by atoms with Crippen molar-refractivity contribution in [3.8, 4) is 0 Å². The molecule has 1 aliphatic carbocycles. The van der Waals surface area contributed by atoms with Crippen LogP contribution in [0.1, 0.15) is 18.9 Å². The zero-order valence-electron chi connectivity index (χ0n) is 21.8. The number of rotatable bonds is 10. The molecule has 3 saturated heterocycles. The molecule has 1 aromatic rings. The molecule has 12 nitrogen and oxygen atoms in total. The van der Waals surface area contributed by atoms with Crippen molar-refractivity contribution >= 4 is 29.5 Å². The first kappa shape index (κ1) is 28.2. The van der Waals surface area contributed by atoms with Crippen LogP contribution in [0, 0.1) is 11.8 Å². The maximum absolute atomic E-state index is 12.8. The number of likely N-dealkylation sites (N-methyl/N-ethyl adjacent to an activating group) is 1. The molecule has 10 unspecified atom stereocenters. The van der Waals surface area contributed by atoms with Crippen molar-refractivity contribution in [2.45, 2.75) is 68.8 Å². The number of carbonyl (C=O) groups is 3. The van der Waals surface area contributed by atoms with Crippen molar-refractivity contribution in [3.63, 3.8) is 0 Å². The van der Waals surface area contributed by atoms with Crippen molar-refractivity contribution in [1.29, 1.82) is 0 Å². The Bertz CT molecular complexity index is 1060. The van der Waals surface area contributed by atoms with E-state index in [4.69, 9.17) is 49.5 Å². The van der Waals surface area contributed by atoms with E-state index < -0.39 is 72.5 Å². The summed E-state index contributed by atoms with van der Waals surface area (Å²) >= 11 is 5.68. The number of halogens is 1. The summed E-state index contributed by atoms with van der Waals surface area (Å²) in [5.41, 5.74) is 0.887. The van der Waals surface area contributed by atoms with Gasteiger partial charge >= 0.3 is 17.9 Å². The van der Waals surface area contributed by atoms with Gasteiger partial charge in [0.1, 0.15) is 12.0 Å². The van der Waals surface area contributed by atoms with E-state index in [2.05, 4.69) is 5.32 Å². The minimum absolute atomic E-state index is 0.131. The van der Waals surface area contributed by atoms with Crippen LogP contribution in [0.5, 0.6) is 0 Å². The molecule has 2 bridgehead atoms. The number of hydrogen-bond acceptors (Lipinski definition) is 12. The van der Waals surface area contributed by atoms with Gasteiger partial charge in [-0.15, -0.1) is 11.6 Å². The quantitative estimate of drug-likeness (QED) is 0.243. The number of ether oxygens (including phenoxy) is 8. The Morgan fingerprint density at radius 2 is 1.95 bits per heavy atom. The Labute approximate surface area is 230 Å². The Morgan fingerprint density at radius 1 is 1.18 bits per heavy atom. The van der Waals surface area contributed by atoms with Crippen molar-refractivity contribution in [2.75, 3.05) is 26.6 Å². The van der Waals surface area contributed by atoms with Gasteiger partial charge < -0.3 is 43.2 Å². The van der Waals surface area contributed by atoms with Crippen LogP contribution < -0.4 is 5.32 Å². The fourth-order valence-electron chi connectivity index (χ4n) is 5.96. The SMILES string of the molecule is CNC1C2OCC3C(OC4CC(OCc5ccccc5)C(OC(=O)CCl)C(C(=O)OC)O4)C1C3(OC(C)=O)O2. The van der Waals surface area contributed by atoms with Gasteiger partial charge in [-0.1, -0.05) is 30.3 Å². The lowest BCUT2D eigenvalue weighted by molar-refractivity contribution is -0.409. The topological polar surface area (TPSA) is 137 Å². The van der Waals surface area contributed by atoms with E-state index in [0.29, 0.717) is 0 Å². The second-order valence-corrected chi connectivity index (χ2v) is 10.1. The molecule has 0 amide bonds. The molecule has 1 N–H and O–H groups in total. The van der Waals surface area contributed by atoms with Gasteiger partial charge in [-0.05, 0) is 12.6 Å². The minimum atomic E-state index is -1.33. The Hall–Kier alpha value is -2.32. The summed E-state index contributed by atoms with van der Waals surface area (Å²) in [6, 6.07) is 9.11. The molecule has 0 spiro atoms. The molecule has 214 valence electrons. The lowest BCUT2D eigenvalue weighted by Gasteiger charge is -2.56. The maximum Gasteiger partial charge on any atom is 0.339 e. The summed E-state index contributed by atoms with van der Waals surface area (Å²) in [6.07, 6.45) is -5.15. The average Bonchev–Trinajstić information content (AvgIpc) is 3.01. The fourth-order valence-corrected chi connectivity index (χ4v) is 6.02. The third kappa shape index (κ3) is 5.26. The van der Waals surface area contributed by atoms with Crippen LogP contribution in [0.25, 0.3) is 0 Å². The van der Waals surface area contributed by atoms with E-state index in [-0.39, 0.29) is 31.6 Å². The number of methoxy groups -OCH3 is 1. The van der Waals surface area contributed by atoms with Crippen LogP contribution in [0.3, 0.4) is 0 Å². The molecule has 1 saturated carbocycles. The van der Waals surface area contributed by atoms with Gasteiger partial charge in [-0.2, -0.15) is 0 Å². The third-order valence-corrected chi connectivity index (χ3v) is 7.82. The van der Waals surface area contributed by atoms with Gasteiger partial charge in [-0.25, -0.2) is 4.79 Å². The molecule has 39 heavy (non-hydrogen) atoms. The molecule has 3 heterocycles. The van der Waals surface area contributed by atoms with Gasteiger partial charge in [0.15, 0.2) is 24.8 Å². The Morgan fingerprint density at radius 3 is 2.62 bits per heavy atom. The standard InChI is InChI=1S/C26H32ClNO11/c1-13(29)38-26-15-12-34-25(39-26)20(28-2)19(26)21(15)36-18-9-16(33-11-14-7-5-4-6-8-14)22(35-17(30)10-27)23(37-18)24(31)32-3/h4-8,15-16,18-23,25,28H,9-12H2,1-3H3. The first-order chi connectivity index (χ1) is 18.8. The molecule has 3 aliphatic heterocycles. The van der Waals surface area contributed by atoms with E-state index >= 15 is 0 Å². The minimum Gasteiger partial charge on any atom is -0.467 e. The van der Waals surface area contributed by atoms with Crippen molar-refractivity contribution in [2.24, 2.45) is 11.8 Å². The summed E-state index contributed by atoms with van der Waals surface area (Å²) < 4.78 is 46.6.